The number of rotatable bonds is 5. The lowest BCUT2D eigenvalue weighted by Crippen LogP contribution is -2.12. The lowest BCUT2D eigenvalue weighted by Gasteiger charge is -2.24. The maximum atomic E-state index is 2.36. The van der Waals surface area contributed by atoms with Gasteiger partial charge in [0, 0.05) is 0 Å². The molecule has 3 fully saturated rings. The molecule has 0 amide bonds. The largest absolute Gasteiger partial charge is 0.0776 e. The van der Waals surface area contributed by atoms with Gasteiger partial charge in [0.1, 0.15) is 0 Å². The van der Waals surface area contributed by atoms with Crippen molar-refractivity contribution in [1.29, 1.82) is 0 Å². The van der Waals surface area contributed by atoms with E-state index in [1.807, 2.05) is 0 Å². The Kier molecular flexibility index (Phi) is 21.1. The summed E-state index contributed by atoms with van der Waals surface area (Å²) in [6.45, 7) is 14.1. The minimum Gasteiger partial charge on any atom is -0.0776 e. The highest BCUT2D eigenvalue weighted by Crippen LogP contribution is 2.30. The van der Waals surface area contributed by atoms with Crippen molar-refractivity contribution in [3.8, 4) is 0 Å². The first-order valence-electron chi connectivity index (χ1n) is 13.4. The molecule has 0 nitrogen and oxygen atoms in total. The molecule has 3 saturated carbocycles. The van der Waals surface area contributed by atoms with Crippen LogP contribution in [-0.4, -0.2) is 0 Å². The Morgan fingerprint density at radius 2 is 0.767 bits per heavy atom. The second-order valence-corrected chi connectivity index (χ2v) is 11.6. The van der Waals surface area contributed by atoms with Crippen molar-refractivity contribution in [2.24, 2.45) is 35.5 Å². The predicted molar refractivity (Wildman–Crippen MR) is 142 cm³/mol. The van der Waals surface area contributed by atoms with Crippen LogP contribution < -0.4 is 0 Å². The standard InChI is InChI=1S/C10H20.2C9H18.2CH4/c1-9(2)8-10-6-4-3-5-7-10;1-8(2)7-9-5-3-4-6-9;1-8(2)9-6-4-3-5-7-9;;/h9-10H,3-8H2,1-2H3;2*8-9H,3-7H2,1-2H3;2*1H4. The molecule has 0 spiro atoms. The second-order valence-electron chi connectivity index (χ2n) is 11.6. The van der Waals surface area contributed by atoms with Crippen molar-refractivity contribution in [1.82, 2.24) is 0 Å². The van der Waals surface area contributed by atoms with Crippen LogP contribution in [0.2, 0.25) is 0 Å². The van der Waals surface area contributed by atoms with Gasteiger partial charge >= 0.3 is 0 Å². The van der Waals surface area contributed by atoms with Crippen LogP contribution in [0.4, 0.5) is 0 Å². The normalized spacial score (nSPS) is 20.7. The summed E-state index contributed by atoms with van der Waals surface area (Å²) in [6.07, 6.45) is 23.9. The van der Waals surface area contributed by atoms with Crippen molar-refractivity contribution in [2.45, 2.75) is 159 Å². The zero-order valence-electron chi connectivity index (χ0n) is 20.8. The fourth-order valence-electron chi connectivity index (χ4n) is 5.80. The van der Waals surface area contributed by atoms with Gasteiger partial charge in [0.25, 0.3) is 0 Å². The molecule has 0 heterocycles. The van der Waals surface area contributed by atoms with Crippen LogP contribution in [0.5, 0.6) is 0 Å². The van der Waals surface area contributed by atoms with E-state index >= 15 is 0 Å². The zero-order valence-corrected chi connectivity index (χ0v) is 20.8. The molecule has 184 valence electrons. The molecule has 3 aliphatic rings. The molecule has 0 atom stereocenters. The fraction of sp³-hybridized carbons (Fsp3) is 1.00. The SMILES string of the molecule is C.C.CC(C)C1CCCCC1.CC(C)CC1CCCC1.CC(C)CC1CCCCC1. The third kappa shape index (κ3) is 16.7. The number of hydrogen-bond donors (Lipinski definition) is 0. The number of hydrogen-bond acceptors (Lipinski definition) is 0. The second kappa shape index (κ2) is 19.7. The van der Waals surface area contributed by atoms with Gasteiger partial charge in [-0.3, -0.25) is 0 Å². The average Bonchev–Trinajstić information content (AvgIpc) is 3.16. The first kappa shape index (κ1) is 32.2. The van der Waals surface area contributed by atoms with Gasteiger partial charge in [0.05, 0.1) is 0 Å². The molecule has 0 N–H and O–H groups in total. The third-order valence-corrected chi connectivity index (χ3v) is 7.40. The monoisotopic (exact) mass is 425 g/mol. The summed E-state index contributed by atoms with van der Waals surface area (Å²) in [5.41, 5.74) is 0. The molecule has 0 bridgehead atoms. The molecule has 0 saturated heterocycles. The first-order chi connectivity index (χ1) is 13.4. The first-order valence-corrected chi connectivity index (χ1v) is 13.4. The highest BCUT2D eigenvalue weighted by molar-refractivity contribution is 4.69. The van der Waals surface area contributed by atoms with Crippen molar-refractivity contribution in [2.75, 3.05) is 0 Å². The molecular formula is C30H64. The molecule has 3 rings (SSSR count). The van der Waals surface area contributed by atoms with E-state index in [2.05, 4.69) is 41.5 Å². The summed E-state index contributed by atoms with van der Waals surface area (Å²) >= 11 is 0. The highest BCUT2D eigenvalue weighted by atomic mass is 14.2. The molecule has 0 aliphatic heterocycles. The Bertz CT molecular complexity index is 322. The van der Waals surface area contributed by atoms with Crippen molar-refractivity contribution < 1.29 is 0 Å². The van der Waals surface area contributed by atoms with Gasteiger partial charge in [-0.2, -0.15) is 0 Å². The summed E-state index contributed by atoms with van der Waals surface area (Å²) in [4.78, 5) is 0. The van der Waals surface area contributed by atoms with Gasteiger partial charge in [0.15, 0.2) is 0 Å². The molecule has 0 radical (unpaired) electrons. The lowest BCUT2D eigenvalue weighted by atomic mass is 9.82. The highest BCUT2D eigenvalue weighted by Gasteiger charge is 2.16. The fourth-order valence-corrected chi connectivity index (χ4v) is 5.80. The van der Waals surface area contributed by atoms with E-state index in [-0.39, 0.29) is 14.9 Å². The van der Waals surface area contributed by atoms with E-state index in [0.717, 1.165) is 35.5 Å². The van der Waals surface area contributed by atoms with Crippen LogP contribution >= 0.6 is 0 Å². The van der Waals surface area contributed by atoms with Gasteiger partial charge in [-0.1, -0.05) is 146 Å². The maximum Gasteiger partial charge on any atom is -0.0391 e. The van der Waals surface area contributed by atoms with E-state index in [0.29, 0.717) is 0 Å². The Morgan fingerprint density at radius 3 is 1.03 bits per heavy atom. The topological polar surface area (TPSA) is 0 Å². The summed E-state index contributed by atoms with van der Waals surface area (Å²) < 4.78 is 0. The summed E-state index contributed by atoms with van der Waals surface area (Å²) in [6, 6.07) is 0. The predicted octanol–water partition coefficient (Wildman–Crippen LogP) is 11.3. The smallest absolute Gasteiger partial charge is 0.0391 e. The van der Waals surface area contributed by atoms with Crippen LogP contribution in [0.3, 0.4) is 0 Å². The van der Waals surface area contributed by atoms with Gasteiger partial charge < -0.3 is 0 Å². The average molecular weight is 425 g/mol. The Morgan fingerprint density at radius 1 is 0.467 bits per heavy atom. The minimum absolute atomic E-state index is 0. The van der Waals surface area contributed by atoms with Gasteiger partial charge in [-0.25, -0.2) is 0 Å². The van der Waals surface area contributed by atoms with E-state index in [9.17, 15) is 0 Å². The quantitative estimate of drug-likeness (QED) is 0.411. The Labute approximate surface area is 194 Å². The molecular weight excluding hydrogens is 360 g/mol. The summed E-state index contributed by atoms with van der Waals surface area (Å²) in [5, 5.41) is 0. The molecule has 0 aromatic heterocycles. The Hall–Kier alpha value is 0. The van der Waals surface area contributed by atoms with E-state index < -0.39 is 0 Å². The van der Waals surface area contributed by atoms with Crippen LogP contribution in [0.15, 0.2) is 0 Å². The van der Waals surface area contributed by atoms with E-state index in [1.165, 1.54) is 103 Å². The van der Waals surface area contributed by atoms with Crippen LogP contribution in [0.1, 0.15) is 159 Å². The van der Waals surface area contributed by atoms with Crippen molar-refractivity contribution in [3.63, 3.8) is 0 Å². The molecule has 0 aromatic rings. The maximum absolute atomic E-state index is 2.36. The molecule has 0 heteroatoms. The lowest BCUT2D eigenvalue weighted by molar-refractivity contribution is 0.279. The van der Waals surface area contributed by atoms with E-state index in [4.69, 9.17) is 0 Å². The van der Waals surface area contributed by atoms with Gasteiger partial charge in [-0.15, -0.1) is 0 Å². The third-order valence-electron chi connectivity index (χ3n) is 7.40. The van der Waals surface area contributed by atoms with Crippen LogP contribution in [-0.2, 0) is 0 Å². The molecule has 3 aliphatic carbocycles. The molecule has 0 unspecified atom stereocenters. The molecule has 30 heavy (non-hydrogen) atoms. The summed E-state index contributed by atoms with van der Waals surface area (Å²) in [5.74, 6) is 6.00. The van der Waals surface area contributed by atoms with Crippen molar-refractivity contribution in [3.05, 3.63) is 0 Å². The summed E-state index contributed by atoms with van der Waals surface area (Å²) in [7, 11) is 0. The molecule has 0 aromatic carbocycles. The minimum atomic E-state index is 0. The van der Waals surface area contributed by atoms with Crippen molar-refractivity contribution >= 4 is 0 Å². The Balaban J connectivity index is 0. The van der Waals surface area contributed by atoms with Crippen LogP contribution in [0, 0.1) is 35.5 Å². The van der Waals surface area contributed by atoms with Gasteiger partial charge in [0.2, 0.25) is 0 Å². The van der Waals surface area contributed by atoms with E-state index in [1.54, 1.807) is 0 Å². The zero-order chi connectivity index (χ0) is 20.8. The van der Waals surface area contributed by atoms with Gasteiger partial charge in [-0.05, 0) is 48.3 Å². The van der Waals surface area contributed by atoms with Crippen LogP contribution in [0.25, 0.3) is 0 Å².